The molecule has 0 spiro atoms. The van der Waals surface area contributed by atoms with Crippen molar-refractivity contribution in [3.8, 4) is 5.75 Å². The van der Waals surface area contributed by atoms with Crippen molar-refractivity contribution in [1.82, 2.24) is 20.2 Å². The fraction of sp³-hybridized carbons (Fsp3) is 0.478. The Kier molecular flexibility index (Phi) is 6.34. The second-order valence-corrected chi connectivity index (χ2v) is 8.33. The molecule has 0 radical (unpaired) electrons. The van der Waals surface area contributed by atoms with Crippen LogP contribution in [0.3, 0.4) is 0 Å². The van der Waals surface area contributed by atoms with Gasteiger partial charge < -0.3 is 19.9 Å². The molecule has 4 rings (SSSR count). The summed E-state index contributed by atoms with van der Waals surface area (Å²) in [7, 11) is 0. The number of H-pyrrole nitrogens is 1. The van der Waals surface area contributed by atoms with E-state index in [0.29, 0.717) is 43.1 Å². The average Bonchev–Trinajstić information content (AvgIpc) is 2.75. The quantitative estimate of drug-likeness (QED) is 0.731. The summed E-state index contributed by atoms with van der Waals surface area (Å²) in [5.74, 6) is 0.388. The molecule has 1 aromatic carbocycles. The molecule has 2 aliphatic heterocycles. The van der Waals surface area contributed by atoms with Gasteiger partial charge in [0.15, 0.2) is 0 Å². The number of aromatic nitrogens is 2. The number of fused-ring (bicyclic) bond motifs is 2. The Labute approximate surface area is 181 Å². The molecule has 31 heavy (non-hydrogen) atoms. The molecule has 1 aromatic heterocycles. The zero-order chi connectivity index (χ0) is 21.8. The number of piperidine rings is 1. The molecular formula is C23H28N4O4. The van der Waals surface area contributed by atoms with Crippen molar-refractivity contribution in [3.63, 3.8) is 0 Å². The minimum absolute atomic E-state index is 0.0158. The van der Waals surface area contributed by atoms with Crippen LogP contribution in [0, 0.1) is 12.8 Å². The molecule has 2 atom stereocenters. The van der Waals surface area contributed by atoms with Crippen LogP contribution in [0.5, 0.6) is 5.75 Å². The van der Waals surface area contributed by atoms with Gasteiger partial charge in [0.25, 0.3) is 11.8 Å². The summed E-state index contributed by atoms with van der Waals surface area (Å²) in [4.78, 5) is 45.8. The van der Waals surface area contributed by atoms with Crippen LogP contribution in [0.1, 0.15) is 58.6 Å². The van der Waals surface area contributed by atoms with E-state index in [9.17, 15) is 14.4 Å². The van der Waals surface area contributed by atoms with Gasteiger partial charge >= 0.3 is 5.69 Å². The van der Waals surface area contributed by atoms with Crippen molar-refractivity contribution >= 4 is 11.8 Å². The van der Waals surface area contributed by atoms with E-state index in [1.165, 1.54) is 0 Å². The lowest BCUT2D eigenvalue weighted by molar-refractivity contribution is 0.0598. The van der Waals surface area contributed by atoms with Crippen LogP contribution in [0.15, 0.2) is 35.1 Å². The summed E-state index contributed by atoms with van der Waals surface area (Å²) in [6.07, 6.45) is 4.53. The number of nitrogens with one attached hydrogen (secondary N) is 2. The van der Waals surface area contributed by atoms with Crippen molar-refractivity contribution in [1.29, 1.82) is 0 Å². The lowest BCUT2D eigenvalue weighted by Crippen LogP contribution is -2.52. The number of benzene rings is 1. The number of ether oxygens (including phenoxy) is 1. The molecule has 1 fully saturated rings. The van der Waals surface area contributed by atoms with E-state index in [2.05, 4.69) is 15.3 Å². The number of carbonyl (C=O) groups excluding carboxylic acids is 2. The topological polar surface area (TPSA) is 104 Å². The van der Waals surface area contributed by atoms with Gasteiger partial charge in [-0.25, -0.2) is 4.79 Å². The number of para-hydroxylation sites is 1. The molecule has 2 aromatic rings. The Balaban J connectivity index is 1.52. The zero-order valence-electron chi connectivity index (χ0n) is 17.7. The maximum Gasteiger partial charge on any atom is 0.345 e. The number of likely N-dealkylation sites (tertiary alicyclic amines) is 1. The van der Waals surface area contributed by atoms with Gasteiger partial charge in [-0.15, -0.1) is 0 Å². The Morgan fingerprint density at radius 3 is 2.84 bits per heavy atom. The summed E-state index contributed by atoms with van der Waals surface area (Å²) >= 11 is 0. The number of nitrogens with zero attached hydrogens (tertiary/aromatic N) is 2. The van der Waals surface area contributed by atoms with Crippen LogP contribution in [0.4, 0.5) is 0 Å². The third kappa shape index (κ3) is 4.95. The molecule has 164 valence electrons. The predicted molar refractivity (Wildman–Crippen MR) is 115 cm³/mol. The second-order valence-electron chi connectivity index (χ2n) is 8.33. The molecule has 8 nitrogen and oxygen atoms in total. The highest BCUT2D eigenvalue weighted by molar-refractivity contribution is 5.97. The zero-order valence-corrected chi connectivity index (χ0v) is 17.7. The van der Waals surface area contributed by atoms with Crippen molar-refractivity contribution in [2.75, 3.05) is 19.7 Å². The normalized spacial score (nSPS) is 22.1. The first kappa shape index (κ1) is 21.1. The van der Waals surface area contributed by atoms with Gasteiger partial charge in [-0.1, -0.05) is 25.0 Å². The van der Waals surface area contributed by atoms with Gasteiger partial charge in [-0.3, -0.25) is 9.59 Å². The minimum Gasteiger partial charge on any atom is -0.493 e. The van der Waals surface area contributed by atoms with Gasteiger partial charge in [-0.2, -0.15) is 4.98 Å². The first-order chi connectivity index (χ1) is 15.0. The largest absolute Gasteiger partial charge is 0.493 e. The van der Waals surface area contributed by atoms with Crippen LogP contribution >= 0.6 is 0 Å². The SMILES string of the molecule is Cc1cc(C(=O)N2CC[C@H]3NC(=O)c4ccccc4OCCCCC[C@H]3C2)nc(=O)[nH]1. The lowest BCUT2D eigenvalue weighted by atomic mass is 9.87. The Bertz CT molecular complexity index is 1020. The summed E-state index contributed by atoms with van der Waals surface area (Å²) in [6.45, 7) is 3.36. The van der Waals surface area contributed by atoms with E-state index in [0.717, 1.165) is 25.7 Å². The van der Waals surface area contributed by atoms with Gasteiger partial charge in [0.2, 0.25) is 0 Å². The Morgan fingerprint density at radius 2 is 2.00 bits per heavy atom. The number of hydrogen-bond donors (Lipinski definition) is 2. The fourth-order valence-corrected chi connectivity index (χ4v) is 4.44. The van der Waals surface area contributed by atoms with Gasteiger partial charge in [0.05, 0.1) is 12.2 Å². The molecule has 8 heteroatoms. The molecule has 2 aliphatic rings. The number of aryl methyl sites for hydroxylation is 1. The van der Waals surface area contributed by atoms with E-state index in [1.807, 2.05) is 18.2 Å². The van der Waals surface area contributed by atoms with E-state index in [4.69, 9.17) is 4.74 Å². The second kappa shape index (κ2) is 9.32. The summed E-state index contributed by atoms with van der Waals surface area (Å²) < 4.78 is 5.83. The third-order valence-electron chi connectivity index (χ3n) is 6.04. The third-order valence-corrected chi connectivity index (χ3v) is 6.04. The lowest BCUT2D eigenvalue weighted by Gasteiger charge is -2.39. The highest BCUT2D eigenvalue weighted by Crippen LogP contribution is 2.26. The van der Waals surface area contributed by atoms with Crippen LogP contribution in [-0.2, 0) is 0 Å². The van der Waals surface area contributed by atoms with Crippen LogP contribution < -0.4 is 15.7 Å². The smallest absolute Gasteiger partial charge is 0.345 e. The van der Waals surface area contributed by atoms with Gasteiger partial charge in [0.1, 0.15) is 11.4 Å². The number of aromatic amines is 1. The Hall–Kier alpha value is -3.16. The van der Waals surface area contributed by atoms with Crippen molar-refractivity contribution in [3.05, 3.63) is 57.8 Å². The van der Waals surface area contributed by atoms with Gasteiger partial charge in [-0.05, 0) is 50.3 Å². The monoisotopic (exact) mass is 424 g/mol. The first-order valence-corrected chi connectivity index (χ1v) is 10.9. The van der Waals surface area contributed by atoms with E-state index in [1.54, 1.807) is 24.0 Å². The molecule has 0 bridgehead atoms. The van der Waals surface area contributed by atoms with E-state index < -0.39 is 5.69 Å². The standard InChI is InChI=1S/C23H28N4O4/c1-15-13-19(26-23(30)24-15)22(29)27-11-10-18-16(14-27)7-3-2-6-12-31-20-9-5-4-8-17(20)21(28)25-18/h4-5,8-9,13,16,18H,2-3,6-7,10-12,14H2,1H3,(H,25,28)(H,24,26,30)/t16-,18+/m0/s1. The van der Waals surface area contributed by atoms with E-state index >= 15 is 0 Å². The predicted octanol–water partition coefficient (Wildman–Crippen LogP) is 2.29. The molecule has 2 amide bonds. The molecule has 1 saturated heterocycles. The summed E-state index contributed by atoms with van der Waals surface area (Å²) in [5, 5.41) is 3.18. The van der Waals surface area contributed by atoms with Crippen LogP contribution in [0.25, 0.3) is 0 Å². The molecule has 2 N–H and O–H groups in total. The minimum atomic E-state index is -0.516. The maximum absolute atomic E-state index is 13.0. The van der Waals surface area contributed by atoms with Crippen LogP contribution in [-0.4, -0.2) is 52.4 Å². The number of rotatable bonds is 1. The van der Waals surface area contributed by atoms with Crippen molar-refractivity contribution in [2.24, 2.45) is 5.92 Å². The summed E-state index contributed by atoms with van der Waals surface area (Å²) in [6, 6.07) is 8.91. The maximum atomic E-state index is 13.0. The molecule has 3 heterocycles. The number of amides is 2. The highest BCUT2D eigenvalue weighted by Gasteiger charge is 2.33. The summed E-state index contributed by atoms with van der Waals surface area (Å²) in [5.41, 5.74) is 0.807. The molecule has 0 unspecified atom stereocenters. The van der Waals surface area contributed by atoms with Gasteiger partial charge in [0, 0.05) is 24.8 Å². The number of carbonyl (C=O) groups is 2. The molecular weight excluding hydrogens is 396 g/mol. The average molecular weight is 425 g/mol. The molecule has 0 saturated carbocycles. The Morgan fingerprint density at radius 1 is 1.16 bits per heavy atom. The number of hydrogen-bond acceptors (Lipinski definition) is 5. The first-order valence-electron chi connectivity index (χ1n) is 10.9. The fourth-order valence-electron chi connectivity index (χ4n) is 4.44. The highest BCUT2D eigenvalue weighted by atomic mass is 16.5. The van der Waals surface area contributed by atoms with Crippen molar-refractivity contribution < 1.29 is 14.3 Å². The molecule has 0 aliphatic carbocycles. The van der Waals surface area contributed by atoms with Crippen molar-refractivity contribution in [2.45, 2.75) is 45.1 Å². The van der Waals surface area contributed by atoms with E-state index in [-0.39, 0.29) is 29.5 Å². The van der Waals surface area contributed by atoms with Crippen LogP contribution in [0.2, 0.25) is 0 Å².